The standard InChI is InChI=1S/C11H10N4O/c1-2-4-9(5-3-1)11-14-10(6-16-11)15-8-12-7-13-15/h1-5,7-8,10H,6H2. The summed E-state index contributed by atoms with van der Waals surface area (Å²) in [5.41, 5.74) is 0.991. The fourth-order valence-corrected chi connectivity index (χ4v) is 1.61. The second-order valence-corrected chi connectivity index (χ2v) is 3.47. The van der Waals surface area contributed by atoms with E-state index in [1.807, 2.05) is 30.3 Å². The summed E-state index contributed by atoms with van der Waals surface area (Å²) >= 11 is 0. The van der Waals surface area contributed by atoms with Gasteiger partial charge in [-0.05, 0) is 12.1 Å². The highest BCUT2D eigenvalue weighted by atomic mass is 16.5. The maximum absolute atomic E-state index is 5.54. The first-order valence-corrected chi connectivity index (χ1v) is 5.03. The maximum Gasteiger partial charge on any atom is 0.218 e. The Balaban J connectivity index is 1.87. The van der Waals surface area contributed by atoms with Crippen LogP contribution < -0.4 is 0 Å². The minimum Gasteiger partial charge on any atom is -0.473 e. The van der Waals surface area contributed by atoms with Gasteiger partial charge in [-0.2, -0.15) is 5.10 Å². The summed E-state index contributed by atoms with van der Waals surface area (Å²) in [4.78, 5) is 8.35. The van der Waals surface area contributed by atoms with Gasteiger partial charge < -0.3 is 4.74 Å². The van der Waals surface area contributed by atoms with E-state index in [-0.39, 0.29) is 6.17 Å². The Hall–Kier alpha value is -2.17. The zero-order valence-electron chi connectivity index (χ0n) is 8.52. The molecule has 1 unspecified atom stereocenters. The van der Waals surface area contributed by atoms with Gasteiger partial charge >= 0.3 is 0 Å². The molecule has 16 heavy (non-hydrogen) atoms. The van der Waals surface area contributed by atoms with E-state index in [0.717, 1.165) is 5.56 Å². The molecule has 1 aliphatic heterocycles. The third-order valence-corrected chi connectivity index (χ3v) is 2.40. The van der Waals surface area contributed by atoms with E-state index in [2.05, 4.69) is 15.1 Å². The molecule has 0 saturated carbocycles. The predicted molar refractivity (Wildman–Crippen MR) is 58.0 cm³/mol. The van der Waals surface area contributed by atoms with Crippen molar-refractivity contribution in [2.75, 3.05) is 6.61 Å². The first-order chi connectivity index (χ1) is 7.93. The fraction of sp³-hybridized carbons (Fsp3) is 0.182. The number of hydrogen-bond donors (Lipinski definition) is 0. The lowest BCUT2D eigenvalue weighted by atomic mass is 10.2. The quantitative estimate of drug-likeness (QED) is 0.756. The van der Waals surface area contributed by atoms with Crippen molar-refractivity contribution in [3.63, 3.8) is 0 Å². The number of hydrogen-bond acceptors (Lipinski definition) is 4. The molecule has 0 fully saturated rings. The van der Waals surface area contributed by atoms with Crippen molar-refractivity contribution in [2.24, 2.45) is 4.99 Å². The smallest absolute Gasteiger partial charge is 0.218 e. The number of benzene rings is 1. The van der Waals surface area contributed by atoms with Gasteiger partial charge in [0.25, 0.3) is 0 Å². The molecule has 0 N–H and O–H groups in total. The molecule has 1 aliphatic rings. The molecule has 1 aromatic carbocycles. The molecule has 0 saturated heterocycles. The van der Waals surface area contributed by atoms with Gasteiger partial charge in [-0.15, -0.1) is 0 Å². The van der Waals surface area contributed by atoms with Crippen LogP contribution in [0.1, 0.15) is 11.7 Å². The Morgan fingerprint density at radius 3 is 2.88 bits per heavy atom. The number of rotatable bonds is 2. The third kappa shape index (κ3) is 1.56. The van der Waals surface area contributed by atoms with Crippen LogP contribution in [0.5, 0.6) is 0 Å². The van der Waals surface area contributed by atoms with E-state index in [9.17, 15) is 0 Å². The Labute approximate surface area is 92.4 Å². The number of aliphatic imine (C=N–C) groups is 1. The van der Waals surface area contributed by atoms with Crippen molar-refractivity contribution in [1.29, 1.82) is 0 Å². The first-order valence-electron chi connectivity index (χ1n) is 5.03. The molecule has 5 heteroatoms. The van der Waals surface area contributed by atoms with Crippen LogP contribution in [-0.2, 0) is 4.74 Å². The summed E-state index contributed by atoms with van der Waals surface area (Å²) in [5.74, 6) is 0.668. The second kappa shape index (κ2) is 3.77. The van der Waals surface area contributed by atoms with Crippen LogP contribution in [0.15, 0.2) is 48.0 Å². The summed E-state index contributed by atoms with van der Waals surface area (Å²) in [6.45, 7) is 0.508. The number of nitrogens with zero attached hydrogens (tertiary/aromatic N) is 4. The van der Waals surface area contributed by atoms with Crippen molar-refractivity contribution < 1.29 is 4.74 Å². The Morgan fingerprint density at radius 2 is 2.12 bits per heavy atom. The second-order valence-electron chi connectivity index (χ2n) is 3.47. The van der Waals surface area contributed by atoms with E-state index < -0.39 is 0 Å². The highest BCUT2D eigenvalue weighted by Gasteiger charge is 2.21. The minimum atomic E-state index is -0.0993. The number of ether oxygens (including phenoxy) is 1. The summed E-state index contributed by atoms with van der Waals surface area (Å²) in [6.07, 6.45) is 3.04. The van der Waals surface area contributed by atoms with Gasteiger partial charge in [-0.3, -0.25) is 0 Å². The van der Waals surface area contributed by atoms with Crippen LogP contribution >= 0.6 is 0 Å². The van der Waals surface area contributed by atoms with Crippen LogP contribution in [0, 0.1) is 0 Å². The number of aromatic nitrogens is 3. The fourth-order valence-electron chi connectivity index (χ4n) is 1.61. The van der Waals surface area contributed by atoms with Gasteiger partial charge in [0.15, 0.2) is 6.17 Å². The van der Waals surface area contributed by atoms with Crippen molar-refractivity contribution in [3.8, 4) is 0 Å². The van der Waals surface area contributed by atoms with Crippen molar-refractivity contribution >= 4 is 5.90 Å². The van der Waals surface area contributed by atoms with E-state index in [4.69, 9.17) is 4.74 Å². The average molecular weight is 214 g/mol. The molecular formula is C11H10N4O. The highest BCUT2D eigenvalue weighted by molar-refractivity contribution is 5.94. The molecule has 0 bridgehead atoms. The van der Waals surface area contributed by atoms with E-state index >= 15 is 0 Å². The molecule has 2 heterocycles. The molecule has 1 aromatic heterocycles. The van der Waals surface area contributed by atoms with Crippen molar-refractivity contribution in [3.05, 3.63) is 48.5 Å². The van der Waals surface area contributed by atoms with Gasteiger partial charge in [0.1, 0.15) is 19.3 Å². The van der Waals surface area contributed by atoms with Gasteiger partial charge in [0.2, 0.25) is 5.90 Å². The average Bonchev–Trinajstić information content (AvgIpc) is 3.01. The van der Waals surface area contributed by atoms with Gasteiger partial charge in [0.05, 0.1) is 0 Å². The zero-order chi connectivity index (χ0) is 10.8. The predicted octanol–water partition coefficient (Wildman–Crippen LogP) is 1.25. The molecular weight excluding hydrogens is 204 g/mol. The Morgan fingerprint density at radius 1 is 1.25 bits per heavy atom. The van der Waals surface area contributed by atoms with Gasteiger partial charge in [0, 0.05) is 5.56 Å². The van der Waals surface area contributed by atoms with E-state index in [1.54, 1.807) is 11.0 Å². The van der Waals surface area contributed by atoms with E-state index in [1.165, 1.54) is 6.33 Å². The summed E-state index contributed by atoms with van der Waals surface area (Å²) in [6, 6.07) is 9.84. The summed E-state index contributed by atoms with van der Waals surface area (Å²) in [5, 5.41) is 4.04. The molecule has 3 rings (SSSR count). The van der Waals surface area contributed by atoms with Crippen LogP contribution in [0.2, 0.25) is 0 Å². The molecule has 1 atom stereocenters. The maximum atomic E-state index is 5.54. The van der Waals surface area contributed by atoms with Crippen LogP contribution in [0.25, 0.3) is 0 Å². The zero-order valence-corrected chi connectivity index (χ0v) is 8.52. The van der Waals surface area contributed by atoms with Crippen molar-refractivity contribution in [2.45, 2.75) is 6.17 Å². The van der Waals surface area contributed by atoms with Gasteiger partial charge in [-0.1, -0.05) is 18.2 Å². The molecule has 0 spiro atoms. The lowest BCUT2D eigenvalue weighted by molar-refractivity contribution is 0.277. The summed E-state index contributed by atoms with van der Waals surface area (Å²) < 4.78 is 7.23. The monoisotopic (exact) mass is 214 g/mol. The Bertz CT molecular complexity index is 492. The van der Waals surface area contributed by atoms with Gasteiger partial charge in [-0.25, -0.2) is 14.7 Å². The lowest BCUT2D eigenvalue weighted by Gasteiger charge is -2.02. The first kappa shape index (κ1) is 9.08. The third-order valence-electron chi connectivity index (χ3n) is 2.40. The Kier molecular flexibility index (Phi) is 2.14. The largest absolute Gasteiger partial charge is 0.473 e. The molecule has 5 nitrogen and oxygen atoms in total. The van der Waals surface area contributed by atoms with Crippen LogP contribution in [0.4, 0.5) is 0 Å². The van der Waals surface area contributed by atoms with Crippen LogP contribution in [-0.4, -0.2) is 27.3 Å². The van der Waals surface area contributed by atoms with E-state index in [0.29, 0.717) is 12.5 Å². The molecule has 80 valence electrons. The lowest BCUT2D eigenvalue weighted by Crippen LogP contribution is -2.08. The minimum absolute atomic E-state index is 0.0993. The topological polar surface area (TPSA) is 52.3 Å². The summed E-state index contributed by atoms with van der Waals surface area (Å²) in [7, 11) is 0. The SMILES string of the molecule is c1ccc(C2=NC(n3cncn3)CO2)cc1. The molecule has 0 amide bonds. The molecule has 2 aromatic rings. The molecule has 0 aliphatic carbocycles. The molecule has 0 radical (unpaired) electrons. The normalized spacial score (nSPS) is 19.2. The van der Waals surface area contributed by atoms with Crippen molar-refractivity contribution in [1.82, 2.24) is 14.8 Å². The highest BCUT2D eigenvalue weighted by Crippen LogP contribution is 2.18. The van der Waals surface area contributed by atoms with Crippen LogP contribution in [0.3, 0.4) is 0 Å².